The van der Waals surface area contributed by atoms with Crippen LogP contribution in [0.1, 0.15) is 40.7 Å². The summed E-state index contributed by atoms with van der Waals surface area (Å²) in [5.41, 5.74) is 7.10. The molecule has 0 saturated heterocycles. The molecule has 0 amide bonds. The van der Waals surface area contributed by atoms with Crippen LogP contribution < -0.4 is 0 Å². The van der Waals surface area contributed by atoms with Crippen LogP contribution in [0.5, 0.6) is 0 Å². The Balaban J connectivity index is 1.19. The predicted molar refractivity (Wildman–Crippen MR) is 130 cm³/mol. The van der Waals surface area contributed by atoms with Crippen LogP contribution in [0.3, 0.4) is 0 Å². The molecule has 0 aromatic heterocycles. The molecule has 0 spiro atoms. The zero-order valence-corrected chi connectivity index (χ0v) is 17.4. The van der Waals surface area contributed by atoms with E-state index in [4.69, 9.17) is 0 Å². The molecule has 1 aliphatic rings. The van der Waals surface area contributed by atoms with Gasteiger partial charge < -0.3 is 0 Å². The third kappa shape index (κ3) is 4.39. The first-order valence-corrected chi connectivity index (χ1v) is 11.2. The smallest absolute Gasteiger partial charge is 0.0178 e. The minimum Gasteiger partial charge on any atom is -0.0620 e. The van der Waals surface area contributed by atoms with Crippen molar-refractivity contribution in [3.63, 3.8) is 0 Å². The van der Waals surface area contributed by atoms with Crippen molar-refractivity contribution in [1.29, 1.82) is 0 Å². The van der Waals surface area contributed by atoms with Crippen molar-refractivity contribution in [1.82, 2.24) is 0 Å². The minimum atomic E-state index is 0.826. The van der Waals surface area contributed by atoms with Gasteiger partial charge in [-0.25, -0.2) is 0 Å². The van der Waals surface area contributed by atoms with E-state index >= 15 is 0 Å². The van der Waals surface area contributed by atoms with E-state index in [0.717, 1.165) is 5.92 Å². The summed E-state index contributed by atoms with van der Waals surface area (Å²) in [5.74, 6) is 0.826. The third-order valence-electron chi connectivity index (χ3n) is 6.51. The molecule has 0 bridgehead atoms. The van der Waals surface area contributed by atoms with E-state index in [1.54, 1.807) is 11.1 Å². The van der Waals surface area contributed by atoms with E-state index in [0.29, 0.717) is 0 Å². The number of hydrogen-bond donors (Lipinski definition) is 0. The lowest BCUT2D eigenvalue weighted by molar-refractivity contribution is 0.427. The fourth-order valence-electron chi connectivity index (χ4n) is 4.69. The highest BCUT2D eigenvalue weighted by Crippen LogP contribution is 2.28. The summed E-state index contributed by atoms with van der Waals surface area (Å²) in [5, 5.41) is 2.58. The molecule has 4 aromatic rings. The first-order chi connectivity index (χ1) is 14.8. The number of fused-ring (bicyclic) bond motifs is 2. The zero-order valence-electron chi connectivity index (χ0n) is 17.4. The van der Waals surface area contributed by atoms with Crippen LogP contribution in [0.4, 0.5) is 0 Å². The van der Waals surface area contributed by atoms with Gasteiger partial charge in [0.2, 0.25) is 0 Å². The normalized spacial score (nSPS) is 16.1. The molecular formula is C30H28. The van der Waals surface area contributed by atoms with Crippen molar-refractivity contribution < 1.29 is 0 Å². The molecule has 0 heterocycles. The van der Waals surface area contributed by atoms with Crippen molar-refractivity contribution in [3.05, 3.63) is 119 Å². The fraction of sp³-hybridized carbons (Fsp3) is 0.200. The van der Waals surface area contributed by atoms with Crippen LogP contribution >= 0.6 is 0 Å². The standard InChI is InChI=1S/C30H28/c1-3-7-29-21-25(17-19-27(29)5-1)15-13-23-9-11-24(12-10-23)14-16-26-18-20-28-6-2-4-8-30(28)22-26/h1-13,15,17,19,21,26H,14,16,18,20,22H2/b15-13+. The van der Waals surface area contributed by atoms with E-state index < -0.39 is 0 Å². The van der Waals surface area contributed by atoms with Gasteiger partial charge in [0.25, 0.3) is 0 Å². The maximum absolute atomic E-state index is 2.32. The first-order valence-electron chi connectivity index (χ1n) is 11.2. The summed E-state index contributed by atoms with van der Waals surface area (Å²) in [6.45, 7) is 0. The highest BCUT2D eigenvalue weighted by Gasteiger charge is 2.17. The van der Waals surface area contributed by atoms with Gasteiger partial charge in [-0.05, 0) is 82.7 Å². The summed E-state index contributed by atoms with van der Waals surface area (Å²) in [6, 6.07) is 33.3. The zero-order chi connectivity index (χ0) is 20.2. The number of hydrogen-bond acceptors (Lipinski definition) is 0. The molecule has 0 heteroatoms. The number of benzene rings is 4. The molecule has 0 saturated carbocycles. The van der Waals surface area contributed by atoms with Crippen LogP contribution in [0.25, 0.3) is 22.9 Å². The van der Waals surface area contributed by atoms with E-state index in [1.807, 2.05) is 0 Å². The first kappa shape index (κ1) is 18.9. The van der Waals surface area contributed by atoms with Crippen molar-refractivity contribution >= 4 is 22.9 Å². The van der Waals surface area contributed by atoms with Gasteiger partial charge >= 0.3 is 0 Å². The molecule has 1 aliphatic carbocycles. The maximum atomic E-state index is 2.32. The Bertz CT molecular complexity index is 1160. The molecular weight excluding hydrogens is 360 g/mol. The van der Waals surface area contributed by atoms with Crippen molar-refractivity contribution in [2.24, 2.45) is 5.92 Å². The quantitative estimate of drug-likeness (QED) is 0.307. The van der Waals surface area contributed by atoms with E-state index in [2.05, 4.69) is 103 Å². The van der Waals surface area contributed by atoms with E-state index in [9.17, 15) is 0 Å². The van der Waals surface area contributed by atoms with Gasteiger partial charge in [0, 0.05) is 0 Å². The summed E-state index contributed by atoms with van der Waals surface area (Å²) in [6.07, 6.45) is 10.7. The monoisotopic (exact) mass is 388 g/mol. The molecule has 0 aliphatic heterocycles. The predicted octanol–water partition coefficient (Wildman–Crippen LogP) is 7.75. The van der Waals surface area contributed by atoms with Crippen LogP contribution in [-0.4, -0.2) is 0 Å². The van der Waals surface area contributed by atoms with Gasteiger partial charge in [-0.15, -0.1) is 0 Å². The lowest BCUT2D eigenvalue weighted by atomic mass is 9.81. The summed E-state index contributed by atoms with van der Waals surface area (Å²) < 4.78 is 0. The van der Waals surface area contributed by atoms with Gasteiger partial charge in [-0.1, -0.05) is 97.1 Å². The third-order valence-corrected chi connectivity index (χ3v) is 6.51. The molecule has 0 N–H and O–H groups in total. The van der Waals surface area contributed by atoms with Crippen LogP contribution in [0.15, 0.2) is 91.0 Å². The second-order valence-electron chi connectivity index (χ2n) is 8.60. The highest BCUT2D eigenvalue weighted by molar-refractivity contribution is 5.85. The Morgan fingerprint density at radius 1 is 0.667 bits per heavy atom. The van der Waals surface area contributed by atoms with Crippen LogP contribution in [0, 0.1) is 5.92 Å². The summed E-state index contributed by atoms with van der Waals surface area (Å²) in [4.78, 5) is 0. The van der Waals surface area contributed by atoms with Crippen molar-refractivity contribution in [3.8, 4) is 0 Å². The Kier molecular flexibility index (Phi) is 5.48. The summed E-state index contributed by atoms with van der Waals surface area (Å²) >= 11 is 0. The van der Waals surface area contributed by atoms with Gasteiger partial charge in [0.05, 0.1) is 0 Å². The van der Waals surface area contributed by atoms with E-state index in [-0.39, 0.29) is 0 Å². The second-order valence-corrected chi connectivity index (χ2v) is 8.60. The second kappa shape index (κ2) is 8.71. The van der Waals surface area contributed by atoms with Gasteiger partial charge in [0.15, 0.2) is 0 Å². The van der Waals surface area contributed by atoms with Crippen molar-refractivity contribution in [2.45, 2.75) is 32.1 Å². The molecule has 148 valence electrons. The molecule has 0 nitrogen and oxygen atoms in total. The fourth-order valence-corrected chi connectivity index (χ4v) is 4.69. The molecule has 1 unspecified atom stereocenters. The minimum absolute atomic E-state index is 0.826. The largest absolute Gasteiger partial charge is 0.0620 e. The molecule has 0 radical (unpaired) electrons. The highest BCUT2D eigenvalue weighted by atomic mass is 14.2. The molecule has 30 heavy (non-hydrogen) atoms. The molecule has 1 atom stereocenters. The average molecular weight is 389 g/mol. The Morgan fingerprint density at radius 2 is 1.37 bits per heavy atom. The molecule has 5 rings (SSSR count). The number of rotatable bonds is 5. The Hall–Kier alpha value is -3.12. The lowest BCUT2D eigenvalue weighted by Crippen LogP contribution is -2.14. The molecule has 4 aromatic carbocycles. The Labute approximate surface area is 179 Å². The summed E-state index contributed by atoms with van der Waals surface area (Å²) in [7, 11) is 0. The van der Waals surface area contributed by atoms with Gasteiger partial charge in [-0.3, -0.25) is 0 Å². The average Bonchev–Trinajstić information content (AvgIpc) is 2.82. The maximum Gasteiger partial charge on any atom is -0.0178 e. The SMILES string of the molecule is C(=C\c1ccc2ccccc2c1)/c1ccc(CCC2CCc3ccccc3C2)cc1. The van der Waals surface area contributed by atoms with Gasteiger partial charge in [0.1, 0.15) is 0 Å². The van der Waals surface area contributed by atoms with Crippen LogP contribution in [0.2, 0.25) is 0 Å². The van der Waals surface area contributed by atoms with Crippen molar-refractivity contribution in [2.75, 3.05) is 0 Å². The van der Waals surface area contributed by atoms with Gasteiger partial charge in [-0.2, -0.15) is 0 Å². The molecule has 0 fully saturated rings. The van der Waals surface area contributed by atoms with Crippen LogP contribution in [-0.2, 0) is 19.3 Å². The number of aryl methyl sites for hydroxylation is 2. The Morgan fingerprint density at radius 3 is 2.23 bits per heavy atom. The lowest BCUT2D eigenvalue weighted by Gasteiger charge is -2.24. The van der Waals surface area contributed by atoms with E-state index in [1.165, 1.54) is 59.6 Å². The topological polar surface area (TPSA) is 0 Å².